The Balaban J connectivity index is 1.33. The van der Waals surface area contributed by atoms with Gasteiger partial charge in [-0.05, 0) is 55.5 Å². The number of nitro groups is 1. The predicted molar refractivity (Wildman–Crippen MR) is 144 cm³/mol. The minimum atomic E-state index is -0.549. The molecular weight excluding hydrogens is 494 g/mol. The molecule has 1 fully saturated rings. The lowest BCUT2D eigenvalue weighted by Gasteiger charge is -2.30. The molecule has 188 valence electrons. The number of fused-ring (bicyclic) bond motifs is 1. The van der Waals surface area contributed by atoms with Crippen LogP contribution < -0.4 is 15.5 Å². The molecule has 2 N–H and O–H groups in total. The Hall–Kier alpha value is -4.35. The van der Waals surface area contributed by atoms with Crippen LogP contribution in [0.15, 0.2) is 65.1 Å². The second kappa shape index (κ2) is 10.3. The molecule has 1 aliphatic heterocycles. The molecule has 0 aliphatic carbocycles. The molecule has 0 spiro atoms. The topological polar surface area (TPSA) is 123 Å². The van der Waals surface area contributed by atoms with E-state index in [0.717, 1.165) is 11.1 Å². The van der Waals surface area contributed by atoms with Crippen LogP contribution in [0.3, 0.4) is 0 Å². The normalized spacial score (nSPS) is 13.4. The van der Waals surface area contributed by atoms with E-state index >= 15 is 0 Å². The van der Waals surface area contributed by atoms with E-state index in [0.29, 0.717) is 54.7 Å². The molecule has 0 bridgehead atoms. The number of benzene rings is 3. The summed E-state index contributed by atoms with van der Waals surface area (Å²) >= 11 is 5.36. The van der Waals surface area contributed by atoms with Crippen LogP contribution in [0.5, 0.6) is 0 Å². The van der Waals surface area contributed by atoms with E-state index in [2.05, 4.69) is 15.6 Å². The summed E-state index contributed by atoms with van der Waals surface area (Å²) in [7, 11) is 0. The summed E-state index contributed by atoms with van der Waals surface area (Å²) < 4.78 is 11.3. The Morgan fingerprint density at radius 1 is 1.11 bits per heavy atom. The minimum absolute atomic E-state index is 0.0474. The van der Waals surface area contributed by atoms with Crippen molar-refractivity contribution in [2.24, 2.45) is 0 Å². The minimum Gasteiger partial charge on any atom is -0.436 e. The number of hydrogen-bond acceptors (Lipinski definition) is 8. The third kappa shape index (κ3) is 5.42. The first-order valence-corrected chi connectivity index (χ1v) is 12.0. The van der Waals surface area contributed by atoms with E-state index in [1.54, 1.807) is 24.3 Å². The highest BCUT2D eigenvalue weighted by atomic mass is 32.1. The van der Waals surface area contributed by atoms with E-state index in [1.165, 1.54) is 12.1 Å². The number of amides is 1. The maximum Gasteiger partial charge on any atom is 0.270 e. The van der Waals surface area contributed by atoms with Crippen LogP contribution in [0.1, 0.15) is 15.9 Å². The van der Waals surface area contributed by atoms with E-state index < -0.39 is 10.8 Å². The van der Waals surface area contributed by atoms with Gasteiger partial charge in [-0.15, -0.1) is 0 Å². The number of carbonyl (C=O) groups is 1. The summed E-state index contributed by atoms with van der Waals surface area (Å²) in [5.41, 5.74) is 4.39. The zero-order valence-electron chi connectivity index (χ0n) is 19.9. The van der Waals surface area contributed by atoms with Gasteiger partial charge in [0.05, 0.1) is 29.4 Å². The highest BCUT2D eigenvalue weighted by Gasteiger charge is 2.23. The van der Waals surface area contributed by atoms with Crippen molar-refractivity contribution in [1.82, 2.24) is 10.3 Å². The molecular formula is C26H23N5O5S. The molecule has 0 saturated carbocycles. The van der Waals surface area contributed by atoms with Crippen LogP contribution in [0.4, 0.5) is 17.1 Å². The van der Waals surface area contributed by atoms with Crippen LogP contribution >= 0.6 is 12.2 Å². The quantitative estimate of drug-likeness (QED) is 0.221. The van der Waals surface area contributed by atoms with E-state index in [4.69, 9.17) is 21.4 Å². The van der Waals surface area contributed by atoms with Gasteiger partial charge in [0, 0.05) is 36.5 Å². The van der Waals surface area contributed by atoms with Crippen LogP contribution in [-0.2, 0) is 4.74 Å². The van der Waals surface area contributed by atoms with E-state index in [9.17, 15) is 14.9 Å². The van der Waals surface area contributed by atoms with Crippen molar-refractivity contribution in [1.29, 1.82) is 0 Å². The monoisotopic (exact) mass is 517 g/mol. The summed E-state index contributed by atoms with van der Waals surface area (Å²) in [6, 6.07) is 17.4. The summed E-state index contributed by atoms with van der Waals surface area (Å²) in [5.74, 6) is -0.0417. The molecule has 1 aliphatic rings. The summed E-state index contributed by atoms with van der Waals surface area (Å²) in [5, 5.41) is 17.0. The van der Waals surface area contributed by atoms with Gasteiger partial charge in [-0.3, -0.25) is 20.2 Å². The van der Waals surface area contributed by atoms with Crippen molar-refractivity contribution in [3.63, 3.8) is 0 Å². The average molecular weight is 518 g/mol. The molecule has 37 heavy (non-hydrogen) atoms. The number of aryl methyl sites for hydroxylation is 1. The van der Waals surface area contributed by atoms with Crippen LogP contribution in [-0.4, -0.2) is 47.2 Å². The van der Waals surface area contributed by atoms with Gasteiger partial charge in [-0.25, -0.2) is 4.98 Å². The molecule has 10 nitrogen and oxygen atoms in total. The van der Waals surface area contributed by atoms with Crippen LogP contribution in [0, 0.1) is 17.0 Å². The Kier molecular flexibility index (Phi) is 6.80. The number of nitro benzene ring substituents is 1. The highest BCUT2D eigenvalue weighted by molar-refractivity contribution is 7.80. The fourth-order valence-electron chi connectivity index (χ4n) is 4.14. The SMILES string of the molecule is Cc1cccc(-c2nc3cc(NC(=S)NC(=O)c4cc([N+](=O)[O-])ccc4N4CCOCC4)ccc3o2)c1. The summed E-state index contributed by atoms with van der Waals surface area (Å²) in [6.07, 6.45) is 0. The fourth-order valence-corrected chi connectivity index (χ4v) is 4.35. The van der Waals surface area contributed by atoms with Crippen molar-refractivity contribution >= 4 is 51.4 Å². The Morgan fingerprint density at radius 3 is 2.68 bits per heavy atom. The number of hydrogen-bond donors (Lipinski definition) is 2. The van der Waals surface area contributed by atoms with E-state index in [1.807, 2.05) is 36.1 Å². The first kappa shape index (κ1) is 24.3. The molecule has 1 saturated heterocycles. The number of thiocarbonyl (C=S) groups is 1. The lowest BCUT2D eigenvalue weighted by atomic mass is 10.1. The van der Waals surface area contributed by atoms with Gasteiger partial charge < -0.3 is 19.4 Å². The summed E-state index contributed by atoms with van der Waals surface area (Å²) in [4.78, 5) is 30.5. The number of ether oxygens (including phenoxy) is 1. The fraction of sp³-hybridized carbons (Fsp3) is 0.192. The lowest BCUT2D eigenvalue weighted by Crippen LogP contribution is -2.39. The zero-order chi connectivity index (χ0) is 25.9. The number of nitrogens with one attached hydrogen (secondary N) is 2. The van der Waals surface area contributed by atoms with Crippen molar-refractivity contribution in [3.05, 3.63) is 81.9 Å². The van der Waals surface area contributed by atoms with Gasteiger partial charge in [0.1, 0.15) is 5.52 Å². The molecule has 11 heteroatoms. The number of rotatable bonds is 5. The van der Waals surface area contributed by atoms with Crippen molar-refractivity contribution in [3.8, 4) is 11.5 Å². The molecule has 0 unspecified atom stereocenters. The third-order valence-corrected chi connectivity index (χ3v) is 6.13. The average Bonchev–Trinajstić information content (AvgIpc) is 3.32. The number of morpholine rings is 1. The molecule has 4 aromatic rings. The number of aromatic nitrogens is 1. The Bertz CT molecular complexity index is 1510. The maximum atomic E-state index is 13.1. The van der Waals surface area contributed by atoms with Crippen LogP contribution in [0.2, 0.25) is 0 Å². The van der Waals surface area contributed by atoms with Gasteiger partial charge in [0.25, 0.3) is 11.6 Å². The molecule has 5 rings (SSSR count). The molecule has 2 heterocycles. The zero-order valence-corrected chi connectivity index (χ0v) is 20.7. The molecule has 0 atom stereocenters. The standard InChI is InChI=1S/C26H23N5O5S/c1-16-3-2-4-17(13-16)25-28-21-14-18(5-8-23(21)36-25)27-26(37)29-24(32)20-15-19(31(33)34)6-7-22(20)30-9-11-35-12-10-30/h2-8,13-15H,9-12H2,1H3,(H2,27,29,32,37). The Labute approximate surface area is 217 Å². The number of carbonyl (C=O) groups excluding carboxylic acids is 1. The first-order chi connectivity index (χ1) is 17.9. The molecule has 1 amide bonds. The van der Waals surface area contributed by atoms with Gasteiger partial charge in [0.15, 0.2) is 10.7 Å². The van der Waals surface area contributed by atoms with E-state index in [-0.39, 0.29) is 16.4 Å². The van der Waals surface area contributed by atoms with Gasteiger partial charge in [-0.1, -0.05) is 17.7 Å². The molecule has 1 aromatic heterocycles. The highest BCUT2D eigenvalue weighted by Crippen LogP contribution is 2.28. The van der Waals surface area contributed by atoms with Gasteiger partial charge in [-0.2, -0.15) is 0 Å². The Morgan fingerprint density at radius 2 is 1.92 bits per heavy atom. The van der Waals surface area contributed by atoms with Crippen molar-refractivity contribution < 1.29 is 18.9 Å². The van der Waals surface area contributed by atoms with Gasteiger partial charge >= 0.3 is 0 Å². The second-order valence-electron chi connectivity index (χ2n) is 8.54. The molecule has 0 radical (unpaired) electrons. The number of non-ortho nitro benzene ring substituents is 1. The third-order valence-electron chi connectivity index (χ3n) is 5.92. The second-order valence-corrected chi connectivity index (χ2v) is 8.95. The predicted octanol–water partition coefficient (Wildman–Crippen LogP) is 4.67. The molecule has 3 aromatic carbocycles. The number of nitrogens with zero attached hydrogens (tertiary/aromatic N) is 3. The largest absolute Gasteiger partial charge is 0.436 e. The smallest absolute Gasteiger partial charge is 0.270 e. The maximum absolute atomic E-state index is 13.1. The number of oxazole rings is 1. The lowest BCUT2D eigenvalue weighted by molar-refractivity contribution is -0.384. The van der Waals surface area contributed by atoms with Crippen LogP contribution in [0.25, 0.3) is 22.6 Å². The number of anilines is 2. The first-order valence-electron chi connectivity index (χ1n) is 11.6. The van der Waals surface area contributed by atoms with Crippen molar-refractivity contribution in [2.45, 2.75) is 6.92 Å². The van der Waals surface area contributed by atoms with Gasteiger partial charge in [0.2, 0.25) is 5.89 Å². The summed E-state index contributed by atoms with van der Waals surface area (Å²) in [6.45, 7) is 4.16. The van der Waals surface area contributed by atoms with Crippen molar-refractivity contribution in [2.75, 3.05) is 36.5 Å².